The van der Waals surface area contributed by atoms with Gasteiger partial charge in [0, 0.05) is 18.1 Å². The van der Waals surface area contributed by atoms with E-state index in [0.717, 1.165) is 5.56 Å². The number of hydrogen-bond donors (Lipinski definition) is 1. The Labute approximate surface area is 88.0 Å². The predicted molar refractivity (Wildman–Crippen MR) is 58.1 cm³/mol. The van der Waals surface area contributed by atoms with Crippen molar-refractivity contribution in [2.45, 2.75) is 20.3 Å². The first kappa shape index (κ1) is 11.2. The van der Waals surface area contributed by atoms with Gasteiger partial charge in [-0.1, -0.05) is 18.6 Å². The molecule has 1 N–H and O–H groups in total. The van der Waals surface area contributed by atoms with E-state index >= 15 is 0 Å². The highest BCUT2D eigenvalue weighted by Crippen LogP contribution is 2.21. The molecule has 0 saturated heterocycles. The minimum Gasteiger partial charge on any atom is -0.507 e. The van der Waals surface area contributed by atoms with Crippen LogP contribution in [0.15, 0.2) is 23.9 Å². The third-order valence-electron chi connectivity index (χ3n) is 2.10. The molecule has 1 aromatic rings. The van der Waals surface area contributed by atoms with E-state index in [4.69, 9.17) is 0 Å². The highest BCUT2D eigenvalue weighted by Gasteiger charge is 2.09. The zero-order valence-corrected chi connectivity index (χ0v) is 8.73. The average molecular weight is 207 g/mol. The molecular weight excluding hydrogens is 194 g/mol. The number of aryl methyl sites for hydroxylation is 1. The molecule has 15 heavy (non-hydrogen) atoms. The van der Waals surface area contributed by atoms with E-state index in [1.165, 1.54) is 12.1 Å². The summed E-state index contributed by atoms with van der Waals surface area (Å²) in [4.78, 5) is 10.2. The van der Waals surface area contributed by atoms with Crippen molar-refractivity contribution in [2.75, 3.05) is 0 Å². The lowest BCUT2D eigenvalue weighted by Gasteiger charge is -2.01. The largest absolute Gasteiger partial charge is 0.507 e. The van der Waals surface area contributed by atoms with Crippen molar-refractivity contribution in [3.8, 4) is 5.75 Å². The third kappa shape index (κ3) is 2.80. The van der Waals surface area contributed by atoms with Gasteiger partial charge < -0.3 is 5.11 Å². The molecule has 0 spiro atoms. The van der Waals surface area contributed by atoms with Crippen LogP contribution in [0.3, 0.4) is 0 Å². The van der Waals surface area contributed by atoms with Crippen LogP contribution < -0.4 is 0 Å². The maximum atomic E-state index is 10.6. The summed E-state index contributed by atoms with van der Waals surface area (Å²) < 4.78 is 0. The van der Waals surface area contributed by atoms with Gasteiger partial charge in [-0.05, 0) is 19.1 Å². The van der Waals surface area contributed by atoms with Crippen LogP contribution in [0.1, 0.15) is 24.5 Å². The molecule has 0 heterocycles. The van der Waals surface area contributed by atoms with Crippen molar-refractivity contribution >= 4 is 6.08 Å². The standard InChI is InChI=1S/C11H13NO3/c1-3-10(12(14)15)7-9-6-8(2)4-5-11(9)13/h4-7,13H,3H2,1-2H3/b10-7+. The molecule has 0 unspecified atom stereocenters. The van der Waals surface area contributed by atoms with E-state index in [2.05, 4.69) is 0 Å². The van der Waals surface area contributed by atoms with Crippen LogP contribution >= 0.6 is 0 Å². The fraction of sp³-hybridized carbons (Fsp3) is 0.273. The molecule has 0 aromatic heterocycles. The number of phenols is 1. The quantitative estimate of drug-likeness (QED) is 0.612. The van der Waals surface area contributed by atoms with Crippen LogP contribution in [0.5, 0.6) is 5.75 Å². The molecule has 0 bridgehead atoms. The van der Waals surface area contributed by atoms with E-state index in [-0.39, 0.29) is 11.4 Å². The molecule has 0 aliphatic carbocycles. The summed E-state index contributed by atoms with van der Waals surface area (Å²) in [7, 11) is 0. The van der Waals surface area contributed by atoms with Gasteiger partial charge in [-0.15, -0.1) is 0 Å². The van der Waals surface area contributed by atoms with Crippen LogP contribution in [0, 0.1) is 17.0 Å². The van der Waals surface area contributed by atoms with Gasteiger partial charge in [0.1, 0.15) is 5.75 Å². The summed E-state index contributed by atoms with van der Waals surface area (Å²) in [5.74, 6) is 0.0633. The van der Waals surface area contributed by atoms with Gasteiger partial charge in [0.05, 0.1) is 4.92 Å². The Kier molecular flexibility index (Phi) is 3.44. The summed E-state index contributed by atoms with van der Waals surface area (Å²) in [5, 5.41) is 20.1. The third-order valence-corrected chi connectivity index (χ3v) is 2.10. The first-order valence-corrected chi connectivity index (χ1v) is 4.69. The molecule has 1 aromatic carbocycles. The Hall–Kier alpha value is -1.84. The highest BCUT2D eigenvalue weighted by molar-refractivity contribution is 5.59. The number of hydrogen-bond acceptors (Lipinski definition) is 3. The molecule has 0 atom stereocenters. The minimum atomic E-state index is -0.429. The number of aromatic hydroxyl groups is 1. The van der Waals surface area contributed by atoms with Crippen LogP contribution in [0.4, 0.5) is 0 Å². The van der Waals surface area contributed by atoms with E-state index in [0.29, 0.717) is 12.0 Å². The van der Waals surface area contributed by atoms with Gasteiger partial charge >= 0.3 is 0 Å². The Balaban J connectivity index is 3.16. The van der Waals surface area contributed by atoms with E-state index in [9.17, 15) is 15.2 Å². The molecule has 0 fully saturated rings. The van der Waals surface area contributed by atoms with Crippen LogP contribution in [0.2, 0.25) is 0 Å². The molecule has 0 radical (unpaired) electrons. The molecule has 0 aliphatic rings. The molecule has 4 nitrogen and oxygen atoms in total. The van der Waals surface area contributed by atoms with Crippen molar-refractivity contribution in [1.29, 1.82) is 0 Å². The Morgan fingerprint density at radius 2 is 2.27 bits per heavy atom. The Morgan fingerprint density at radius 1 is 1.60 bits per heavy atom. The average Bonchev–Trinajstić information content (AvgIpc) is 2.18. The Bertz CT molecular complexity index is 410. The molecule has 0 amide bonds. The lowest BCUT2D eigenvalue weighted by atomic mass is 10.1. The zero-order chi connectivity index (χ0) is 11.4. The lowest BCUT2D eigenvalue weighted by Crippen LogP contribution is -1.96. The van der Waals surface area contributed by atoms with Gasteiger partial charge in [0.2, 0.25) is 5.70 Å². The van der Waals surface area contributed by atoms with Gasteiger partial charge in [-0.2, -0.15) is 0 Å². The minimum absolute atomic E-state index is 0.0633. The van der Waals surface area contributed by atoms with E-state index in [1.807, 2.05) is 6.92 Å². The Morgan fingerprint density at radius 3 is 2.80 bits per heavy atom. The number of phenolic OH excluding ortho intramolecular Hbond substituents is 1. The monoisotopic (exact) mass is 207 g/mol. The molecule has 80 valence electrons. The molecule has 0 aliphatic heterocycles. The SMILES string of the molecule is CC/C(=C\c1cc(C)ccc1O)[N+](=O)[O-]. The topological polar surface area (TPSA) is 63.4 Å². The van der Waals surface area contributed by atoms with Gasteiger partial charge in [0.15, 0.2) is 0 Å². The predicted octanol–water partition coefficient (Wildman–Crippen LogP) is 2.73. The maximum absolute atomic E-state index is 10.6. The fourth-order valence-corrected chi connectivity index (χ4v) is 1.25. The maximum Gasteiger partial charge on any atom is 0.246 e. The normalized spacial score (nSPS) is 11.5. The second-order valence-electron chi connectivity index (χ2n) is 3.31. The van der Waals surface area contributed by atoms with E-state index in [1.54, 1.807) is 19.1 Å². The van der Waals surface area contributed by atoms with E-state index < -0.39 is 4.92 Å². The molecule has 4 heteroatoms. The van der Waals surface area contributed by atoms with Gasteiger partial charge in [-0.3, -0.25) is 10.1 Å². The zero-order valence-electron chi connectivity index (χ0n) is 8.73. The summed E-state index contributed by atoms with van der Waals surface area (Å²) in [6, 6.07) is 5.01. The van der Waals surface area contributed by atoms with Gasteiger partial charge in [-0.25, -0.2) is 0 Å². The van der Waals surface area contributed by atoms with Crippen LogP contribution in [-0.4, -0.2) is 10.0 Å². The number of nitrogens with zero attached hydrogens (tertiary/aromatic N) is 1. The second-order valence-corrected chi connectivity index (χ2v) is 3.31. The number of benzene rings is 1. The molecule has 0 saturated carbocycles. The van der Waals surface area contributed by atoms with Crippen molar-refractivity contribution in [2.24, 2.45) is 0 Å². The summed E-state index contributed by atoms with van der Waals surface area (Å²) >= 11 is 0. The summed E-state index contributed by atoms with van der Waals surface area (Å²) in [6.45, 7) is 3.58. The first-order valence-electron chi connectivity index (χ1n) is 4.69. The van der Waals surface area contributed by atoms with Crippen LogP contribution in [-0.2, 0) is 0 Å². The van der Waals surface area contributed by atoms with Crippen molar-refractivity contribution in [1.82, 2.24) is 0 Å². The fourth-order valence-electron chi connectivity index (χ4n) is 1.25. The van der Waals surface area contributed by atoms with Crippen molar-refractivity contribution in [3.05, 3.63) is 45.1 Å². The van der Waals surface area contributed by atoms with Gasteiger partial charge in [0.25, 0.3) is 0 Å². The summed E-state index contributed by atoms with van der Waals surface area (Å²) in [6.07, 6.45) is 1.74. The second kappa shape index (κ2) is 4.59. The summed E-state index contributed by atoms with van der Waals surface area (Å²) in [5.41, 5.74) is 1.54. The van der Waals surface area contributed by atoms with Crippen molar-refractivity contribution < 1.29 is 10.0 Å². The molecule has 1 rings (SSSR count). The number of nitro groups is 1. The van der Waals surface area contributed by atoms with Crippen LogP contribution in [0.25, 0.3) is 6.08 Å². The smallest absolute Gasteiger partial charge is 0.246 e. The highest BCUT2D eigenvalue weighted by atomic mass is 16.6. The number of allylic oxidation sites excluding steroid dienone is 1. The molecular formula is C11H13NO3. The number of rotatable bonds is 3. The lowest BCUT2D eigenvalue weighted by molar-refractivity contribution is -0.425. The van der Waals surface area contributed by atoms with Crippen molar-refractivity contribution in [3.63, 3.8) is 0 Å². The first-order chi connectivity index (χ1) is 7.04.